The lowest BCUT2D eigenvalue weighted by Crippen LogP contribution is -2.38. The number of ether oxygens (including phenoxy) is 1. The van der Waals surface area contributed by atoms with Gasteiger partial charge in [0.15, 0.2) is 0 Å². The fourth-order valence-electron chi connectivity index (χ4n) is 1.58. The van der Waals surface area contributed by atoms with Gasteiger partial charge in [-0.25, -0.2) is 9.59 Å². The minimum absolute atomic E-state index is 0.101. The summed E-state index contributed by atoms with van der Waals surface area (Å²) < 4.78 is 4.81. The van der Waals surface area contributed by atoms with Crippen molar-refractivity contribution in [3.63, 3.8) is 0 Å². The largest absolute Gasteiger partial charge is 0.480 e. The van der Waals surface area contributed by atoms with Crippen LogP contribution in [0.5, 0.6) is 0 Å². The summed E-state index contributed by atoms with van der Waals surface area (Å²) in [5, 5.41) is 13.8. The molecule has 0 saturated carbocycles. The number of hydrogen-bond acceptors (Lipinski definition) is 3. The van der Waals surface area contributed by atoms with Crippen LogP contribution in [0.3, 0.4) is 0 Å². The third-order valence-electron chi connectivity index (χ3n) is 2.68. The molecule has 0 heterocycles. The second kappa shape index (κ2) is 8.16. The molecule has 3 N–H and O–H groups in total. The molecule has 6 nitrogen and oxygen atoms in total. The van der Waals surface area contributed by atoms with Crippen molar-refractivity contribution in [3.8, 4) is 0 Å². The van der Waals surface area contributed by atoms with Gasteiger partial charge in [0.25, 0.3) is 0 Å². The highest BCUT2D eigenvalue weighted by atomic mass is 16.5. The lowest BCUT2D eigenvalue weighted by atomic mass is 10.1. The van der Waals surface area contributed by atoms with E-state index in [1.54, 1.807) is 0 Å². The van der Waals surface area contributed by atoms with Crippen molar-refractivity contribution in [1.82, 2.24) is 10.6 Å². The summed E-state index contributed by atoms with van der Waals surface area (Å²) in [5.41, 5.74) is 2.19. The Labute approximate surface area is 118 Å². The highest BCUT2D eigenvalue weighted by Crippen LogP contribution is 2.12. The smallest absolute Gasteiger partial charge is 0.329 e. The molecule has 1 atom stereocenters. The molecule has 1 unspecified atom stereocenters. The molecule has 1 aromatic carbocycles. The molecule has 0 aliphatic rings. The van der Waals surface area contributed by atoms with Gasteiger partial charge < -0.3 is 20.5 Å². The Morgan fingerprint density at radius 2 is 1.95 bits per heavy atom. The molecule has 20 heavy (non-hydrogen) atoms. The zero-order valence-electron chi connectivity index (χ0n) is 11.7. The summed E-state index contributed by atoms with van der Waals surface area (Å²) in [7, 11) is 0. The van der Waals surface area contributed by atoms with Gasteiger partial charge in [-0.2, -0.15) is 0 Å². The molecule has 0 aliphatic heterocycles. The van der Waals surface area contributed by atoms with Crippen molar-refractivity contribution in [2.45, 2.75) is 19.9 Å². The molecule has 0 saturated heterocycles. The van der Waals surface area contributed by atoms with Crippen LogP contribution in [0.4, 0.5) is 4.79 Å². The molecule has 0 aliphatic carbocycles. The third-order valence-corrected chi connectivity index (χ3v) is 2.68. The summed E-state index contributed by atoms with van der Waals surface area (Å²) in [5.74, 6) is -1.03. The number of carbonyl (C=O) groups excluding carboxylic acids is 1. The van der Waals surface area contributed by atoms with Crippen LogP contribution >= 0.6 is 0 Å². The quantitative estimate of drug-likeness (QED) is 0.660. The van der Waals surface area contributed by atoms with Crippen LogP contribution < -0.4 is 10.6 Å². The van der Waals surface area contributed by atoms with Crippen LogP contribution in [-0.4, -0.2) is 36.9 Å². The lowest BCUT2D eigenvalue weighted by Gasteiger charge is -2.15. The number of urea groups is 1. The van der Waals surface area contributed by atoms with Crippen LogP contribution in [0.1, 0.15) is 24.1 Å². The first-order valence-electron chi connectivity index (χ1n) is 6.39. The molecule has 0 bridgehead atoms. The maximum atomic E-state index is 11.6. The highest BCUT2D eigenvalue weighted by molar-refractivity contribution is 5.74. The molecule has 6 heteroatoms. The Bertz CT molecular complexity index is 445. The van der Waals surface area contributed by atoms with Crippen molar-refractivity contribution in [2.75, 3.05) is 19.8 Å². The molecule has 2 amide bonds. The normalized spacial score (nSPS) is 11.7. The van der Waals surface area contributed by atoms with Gasteiger partial charge in [0.1, 0.15) is 6.61 Å². The number of rotatable bonds is 7. The van der Waals surface area contributed by atoms with Gasteiger partial charge in [-0.05, 0) is 19.4 Å². The average molecular weight is 280 g/mol. The number of carboxylic acids is 1. The minimum Gasteiger partial charge on any atom is -0.480 e. The molecular formula is C14H20N2O4. The summed E-state index contributed by atoms with van der Waals surface area (Å²) in [6.07, 6.45) is 0. The molecule has 0 spiro atoms. The van der Waals surface area contributed by atoms with Crippen LogP contribution in [0, 0.1) is 6.92 Å². The fourth-order valence-corrected chi connectivity index (χ4v) is 1.58. The van der Waals surface area contributed by atoms with E-state index in [-0.39, 0.29) is 31.8 Å². The Morgan fingerprint density at radius 3 is 2.55 bits per heavy atom. The SMILES string of the molecule is Cc1ccc(C(C)NC(=O)NCCOCC(=O)O)cc1. The highest BCUT2D eigenvalue weighted by Gasteiger charge is 2.08. The molecule has 0 aromatic heterocycles. The van der Waals surface area contributed by atoms with Crippen LogP contribution in [0.15, 0.2) is 24.3 Å². The first-order valence-corrected chi connectivity index (χ1v) is 6.39. The third kappa shape index (κ3) is 6.19. The van der Waals surface area contributed by atoms with Crippen molar-refractivity contribution >= 4 is 12.0 Å². The van der Waals surface area contributed by atoms with E-state index in [0.29, 0.717) is 0 Å². The number of hydrogen-bond donors (Lipinski definition) is 3. The molecule has 0 radical (unpaired) electrons. The van der Waals surface area contributed by atoms with E-state index in [1.807, 2.05) is 38.1 Å². The second-order valence-corrected chi connectivity index (χ2v) is 4.48. The van der Waals surface area contributed by atoms with E-state index < -0.39 is 5.97 Å². The monoisotopic (exact) mass is 280 g/mol. The first-order chi connectivity index (χ1) is 9.49. The number of benzene rings is 1. The maximum Gasteiger partial charge on any atom is 0.329 e. The summed E-state index contributed by atoms with van der Waals surface area (Å²) in [4.78, 5) is 21.8. The van der Waals surface area contributed by atoms with E-state index in [4.69, 9.17) is 9.84 Å². The molecular weight excluding hydrogens is 260 g/mol. The van der Waals surface area contributed by atoms with E-state index in [0.717, 1.165) is 5.56 Å². The number of amides is 2. The van der Waals surface area contributed by atoms with Crippen molar-refractivity contribution in [1.29, 1.82) is 0 Å². The van der Waals surface area contributed by atoms with Gasteiger partial charge >= 0.3 is 12.0 Å². The molecule has 1 rings (SSSR count). The first kappa shape index (κ1) is 16.0. The van der Waals surface area contributed by atoms with Crippen molar-refractivity contribution < 1.29 is 19.4 Å². The van der Waals surface area contributed by atoms with Gasteiger partial charge in [-0.3, -0.25) is 0 Å². The van der Waals surface area contributed by atoms with Gasteiger partial charge in [0, 0.05) is 6.54 Å². The number of aliphatic carboxylic acids is 1. The van der Waals surface area contributed by atoms with E-state index in [1.165, 1.54) is 5.56 Å². The van der Waals surface area contributed by atoms with Crippen LogP contribution in [0.2, 0.25) is 0 Å². The van der Waals surface area contributed by atoms with Gasteiger partial charge in [-0.1, -0.05) is 29.8 Å². The number of carbonyl (C=O) groups is 2. The zero-order chi connectivity index (χ0) is 15.0. The summed E-state index contributed by atoms with van der Waals surface area (Å²) in [6, 6.07) is 7.51. The zero-order valence-corrected chi connectivity index (χ0v) is 11.7. The van der Waals surface area contributed by atoms with E-state index >= 15 is 0 Å². The van der Waals surface area contributed by atoms with Gasteiger partial charge in [0.05, 0.1) is 12.6 Å². The molecule has 0 fully saturated rings. The summed E-state index contributed by atoms with van der Waals surface area (Å²) >= 11 is 0. The molecule has 110 valence electrons. The Kier molecular flexibility index (Phi) is 6.52. The van der Waals surface area contributed by atoms with Crippen LogP contribution in [-0.2, 0) is 9.53 Å². The Balaban J connectivity index is 2.24. The number of nitrogens with one attached hydrogen (secondary N) is 2. The van der Waals surface area contributed by atoms with Crippen molar-refractivity contribution in [2.24, 2.45) is 0 Å². The van der Waals surface area contributed by atoms with Gasteiger partial charge in [-0.15, -0.1) is 0 Å². The number of carboxylic acid groups (broad SMARTS) is 1. The van der Waals surface area contributed by atoms with Crippen molar-refractivity contribution in [3.05, 3.63) is 35.4 Å². The predicted octanol–water partition coefficient (Wildman–Crippen LogP) is 1.46. The number of aryl methyl sites for hydroxylation is 1. The lowest BCUT2D eigenvalue weighted by molar-refractivity contribution is -0.142. The van der Waals surface area contributed by atoms with E-state index in [9.17, 15) is 9.59 Å². The second-order valence-electron chi connectivity index (χ2n) is 4.48. The Hall–Kier alpha value is -2.08. The van der Waals surface area contributed by atoms with Gasteiger partial charge in [0.2, 0.25) is 0 Å². The standard InChI is InChI=1S/C14H20N2O4/c1-10-3-5-12(6-4-10)11(2)16-14(19)15-7-8-20-9-13(17)18/h3-6,11H,7-9H2,1-2H3,(H,17,18)(H2,15,16,19). The minimum atomic E-state index is -1.03. The Morgan fingerprint density at radius 1 is 1.30 bits per heavy atom. The van der Waals surface area contributed by atoms with E-state index in [2.05, 4.69) is 10.6 Å². The predicted molar refractivity (Wildman–Crippen MR) is 74.6 cm³/mol. The topological polar surface area (TPSA) is 87.7 Å². The van der Waals surface area contributed by atoms with Crippen LogP contribution in [0.25, 0.3) is 0 Å². The fraction of sp³-hybridized carbons (Fsp3) is 0.429. The maximum absolute atomic E-state index is 11.6. The average Bonchev–Trinajstić information content (AvgIpc) is 2.38. The summed E-state index contributed by atoms with van der Waals surface area (Å²) in [6.45, 7) is 3.97. The molecule has 1 aromatic rings.